The van der Waals surface area contributed by atoms with Crippen LogP contribution in [0.5, 0.6) is 0 Å². The molecule has 0 saturated carbocycles. The van der Waals surface area contributed by atoms with Crippen molar-refractivity contribution < 1.29 is 0 Å². The van der Waals surface area contributed by atoms with Crippen LogP contribution >= 0.6 is 36.6 Å². The first-order chi connectivity index (χ1) is 9.70. The molecule has 0 radical (unpaired) electrons. The number of hydrogen-bond donors (Lipinski definition) is 1. The SMILES string of the molecule is CSc1ccc([C@@H](CCC(C)C)N2CCNCC2)cc1.Cl.Cl. The molecule has 0 aromatic heterocycles. The quantitative estimate of drug-likeness (QED) is 0.740. The van der Waals surface area contributed by atoms with Crippen LogP contribution in [0.2, 0.25) is 0 Å². The molecule has 2 nitrogen and oxygen atoms in total. The normalized spacial score (nSPS) is 16.7. The zero-order valence-electron chi connectivity index (χ0n) is 13.9. The van der Waals surface area contributed by atoms with Crippen LogP contribution in [0.4, 0.5) is 0 Å². The molecule has 5 heteroatoms. The van der Waals surface area contributed by atoms with Crippen LogP contribution in [0, 0.1) is 5.92 Å². The Labute approximate surface area is 152 Å². The highest BCUT2D eigenvalue weighted by Crippen LogP contribution is 2.29. The lowest BCUT2D eigenvalue weighted by atomic mass is 9.96. The van der Waals surface area contributed by atoms with Crippen molar-refractivity contribution in [2.75, 3.05) is 32.4 Å². The summed E-state index contributed by atoms with van der Waals surface area (Å²) >= 11 is 1.82. The molecule has 1 N–H and O–H groups in total. The predicted octanol–water partition coefficient (Wildman–Crippen LogP) is 4.63. The van der Waals surface area contributed by atoms with Gasteiger partial charge in [0.05, 0.1) is 0 Å². The number of nitrogens with one attached hydrogen (secondary N) is 1. The molecule has 1 aromatic carbocycles. The van der Waals surface area contributed by atoms with Crippen molar-refractivity contribution in [3.8, 4) is 0 Å². The maximum absolute atomic E-state index is 3.46. The maximum atomic E-state index is 3.46. The molecule has 1 heterocycles. The van der Waals surface area contributed by atoms with Gasteiger partial charge in [-0.1, -0.05) is 26.0 Å². The van der Waals surface area contributed by atoms with Crippen LogP contribution in [0.3, 0.4) is 0 Å². The molecule has 2 rings (SSSR count). The van der Waals surface area contributed by atoms with E-state index in [1.54, 1.807) is 0 Å². The van der Waals surface area contributed by atoms with Gasteiger partial charge in [0.1, 0.15) is 0 Å². The maximum Gasteiger partial charge on any atom is 0.0349 e. The second-order valence-electron chi connectivity index (χ2n) is 6.05. The van der Waals surface area contributed by atoms with E-state index in [1.165, 1.54) is 36.4 Å². The van der Waals surface area contributed by atoms with E-state index < -0.39 is 0 Å². The molecule has 0 amide bonds. The Morgan fingerprint density at radius 2 is 1.64 bits per heavy atom. The first-order valence-corrected chi connectivity index (χ1v) is 9.02. The summed E-state index contributed by atoms with van der Waals surface area (Å²) in [4.78, 5) is 4.02. The molecule has 1 aliphatic rings. The van der Waals surface area contributed by atoms with Crippen molar-refractivity contribution in [1.82, 2.24) is 10.2 Å². The van der Waals surface area contributed by atoms with E-state index in [4.69, 9.17) is 0 Å². The fourth-order valence-corrected chi connectivity index (χ4v) is 3.28. The number of piperazine rings is 1. The molecule has 1 saturated heterocycles. The average molecular weight is 365 g/mol. The highest BCUT2D eigenvalue weighted by atomic mass is 35.5. The van der Waals surface area contributed by atoms with Crippen LogP contribution in [-0.4, -0.2) is 37.3 Å². The minimum Gasteiger partial charge on any atom is -0.314 e. The molecule has 1 fully saturated rings. The lowest BCUT2D eigenvalue weighted by Gasteiger charge is -2.35. The Balaban J connectivity index is 0.00000220. The van der Waals surface area contributed by atoms with Crippen LogP contribution < -0.4 is 5.32 Å². The zero-order valence-corrected chi connectivity index (χ0v) is 16.3. The van der Waals surface area contributed by atoms with Gasteiger partial charge in [-0.15, -0.1) is 36.6 Å². The monoisotopic (exact) mass is 364 g/mol. The molecule has 0 bridgehead atoms. The smallest absolute Gasteiger partial charge is 0.0349 e. The standard InChI is InChI=1S/C17H28N2S.2ClH/c1-14(2)4-9-17(19-12-10-18-11-13-19)15-5-7-16(20-3)8-6-15;;/h5-8,14,17-18H,4,9-13H2,1-3H3;2*1H/t17-;;/m1../s1. The summed E-state index contributed by atoms with van der Waals surface area (Å²) < 4.78 is 0. The van der Waals surface area contributed by atoms with Crippen LogP contribution in [0.1, 0.15) is 38.3 Å². The molecule has 1 aliphatic heterocycles. The summed E-state index contributed by atoms with van der Waals surface area (Å²) in [5.41, 5.74) is 1.49. The second-order valence-corrected chi connectivity index (χ2v) is 6.93. The van der Waals surface area contributed by atoms with Gasteiger partial charge in [-0.2, -0.15) is 0 Å². The molecule has 22 heavy (non-hydrogen) atoms. The molecule has 128 valence electrons. The van der Waals surface area contributed by atoms with Crippen molar-refractivity contribution in [1.29, 1.82) is 0 Å². The summed E-state index contributed by atoms with van der Waals surface area (Å²) in [6, 6.07) is 9.79. The molecular weight excluding hydrogens is 335 g/mol. The molecular formula is C17H30Cl2N2S. The Morgan fingerprint density at radius 1 is 1.05 bits per heavy atom. The number of benzene rings is 1. The average Bonchev–Trinajstić information content (AvgIpc) is 2.49. The van der Waals surface area contributed by atoms with Crippen LogP contribution in [0.25, 0.3) is 0 Å². The second kappa shape index (κ2) is 11.6. The van der Waals surface area contributed by atoms with Gasteiger partial charge in [-0.3, -0.25) is 4.90 Å². The van der Waals surface area contributed by atoms with Gasteiger partial charge in [0, 0.05) is 37.1 Å². The van der Waals surface area contributed by atoms with E-state index in [1.807, 2.05) is 11.8 Å². The third kappa shape index (κ3) is 6.67. The number of rotatable bonds is 6. The number of nitrogens with zero attached hydrogens (tertiary/aromatic N) is 1. The Kier molecular flexibility index (Phi) is 11.6. The first-order valence-electron chi connectivity index (χ1n) is 7.79. The largest absolute Gasteiger partial charge is 0.314 e. The third-order valence-corrected chi connectivity index (χ3v) is 4.85. The summed E-state index contributed by atoms with van der Waals surface area (Å²) in [5.74, 6) is 0.783. The summed E-state index contributed by atoms with van der Waals surface area (Å²) in [6.45, 7) is 9.25. The van der Waals surface area contributed by atoms with Gasteiger partial charge < -0.3 is 5.32 Å². The molecule has 1 atom stereocenters. The minimum atomic E-state index is 0. The Bertz CT molecular complexity index is 392. The number of halogens is 2. The Hall–Kier alpha value is 0.0700. The van der Waals surface area contributed by atoms with E-state index in [-0.39, 0.29) is 24.8 Å². The van der Waals surface area contributed by atoms with Crippen LogP contribution in [-0.2, 0) is 0 Å². The van der Waals surface area contributed by atoms with Crippen molar-refractivity contribution in [2.45, 2.75) is 37.6 Å². The zero-order chi connectivity index (χ0) is 14.4. The van der Waals surface area contributed by atoms with Crippen LogP contribution in [0.15, 0.2) is 29.2 Å². The molecule has 0 unspecified atom stereocenters. The van der Waals surface area contributed by atoms with Gasteiger partial charge in [0.25, 0.3) is 0 Å². The highest BCUT2D eigenvalue weighted by molar-refractivity contribution is 7.98. The number of thioether (sulfide) groups is 1. The minimum absolute atomic E-state index is 0. The molecule has 1 aromatic rings. The fourth-order valence-electron chi connectivity index (χ4n) is 2.87. The van der Waals surface area contributed by atoms with Gasteiger partial charge in [0.2, 0.25) is 0 Å². The highest BCUT2D eigenvalue weighted by Gasteiger charge is 2.22. The number of hydrogen-bond acceptors (Lipinski definition) is 3. The van der Waals surface area contributed by atoms with E-state index in [0.717, 1.165) is 19.0 Å². The summed E-state index contributed by atoms with van der Waals surface area (Å²) in [6.07, 6.45) is 4.72. The lowest BCUT2D eigenvalue weighted by molar-refractivity contribution is 0.160. The summed E-state index contributed by atoms with van der Waals surface area (Å²) in [5, 5.41) is 3.46. The van der Waals surface area contributed by atoms with Crippen molar-refractivity contribution in [3.05, 3.63) is 29.8 Å². The summed E-state index contributed by atoms with van der Waals surface area (Å²) in [7, 11) is 0. The van der Waals surface area contributed by atoms with E-state index >= 15 is 0 Å². The first kappa shape index (κ1) is 22.1. The van der Waals surface area contributed by atoms with Crippen molar-refractivity contribution in [3.63, 3.8) is 0 Å². The predicted molar refractivity (Wildman–Crippen MR) is 104 cm³/mol. The third-order valence-electron chi connectivity index (χ3n) is 4.11. The Morgan fingerprint density at radius 3 is 2.14 bits per heavy atom. The van der Waals surface area contributed by atoms with Crippen molar-refractivity contribution in [2.24, 2.45) is 5.92 Å². The van der Waals surface area contributed by atoms with Gasteiger partial charge in [0.15, 0.2) is 0 Å². The van der Waals surface area contributed by atoms with E-state index in [0.29, 0.717) is 6.04 Å². The van der Waals surface area contributed by atoms with Gasteiger partial charge >= 0.3 is 0 Å². The molecule has 0 aliphatic carbocycles. The lowest BCUT2D eigenvalue weighted by Crippen LogP contribution is -2.45. The fraction of sp³-hybridized carbons (Fsp3) is 0.647. The topological polar surface area (TPSA) is 15.3 Å². The molecule has 0 spiro atoms. The van der Waals surface area contributed by atoms with Gasteiger partial charge in [-0.05, 0) is 42.7 Å². The van der Waals surface area contributed by atoms with Crippen molar-refractivity contribution >= 4 is 36.6 Å². The van der Waals surface area contributed by atoms with E-state index in [9.17, 15) is 0 Å². The van der Waals surface area contributed by atoms with Gasteiger partial charge in [-0.25, -0.2) is 0 Å². The van der Waals surface area contributed by atoms with E-state index in [2.05, 4.69) is 54.6 Å².